The second kappa shape index (κ2) is 5.99. The van der Waals surface area contributed by atoms with Crippen molar-refractivity contribution in [3.63, 3.8) is 0 Å². The molecule has 0 aromatic carbocycles. The number of hydrogen-bond donors (Lipinski definition) is 1. The van der Waals surface area contributed by atoms with E-state index in [0.29, 0.717) is 24.3 Å². The molecule has 0 bridgehead atoms. The van der Waals surface area contributed by atoms with Gasteiger partial charge in [0.2, 0.25) is 0 Å². The van der Waals surface area contributed by atoms with Crippen LogP contribution >= 0.6 is 0 Å². The number of hydrogen-bond acceptors (Lipinski definition) is 3. The van der Waals surface area contributed by atoms with Crippen LogP contribution in [0.4, 0.5) is 0 Å². The van der Waals surface area contributed by atoms with Gasteiger partial charge in [0.15, 0.2) is 0 Å². The smallest absolute Gasteiger partial charge is 0.0700 e. The van der Waals surface area contributed by atoms with Crippen molar-refractivity contribution < 1.29 is 9.47 Å². The van der Waals surface area contributed by atoms with Crippen molar-refractivity contribution in [1.29, 1.82) is 0 Å². The first-order valence-electron chi connectivity index (χ1n) is 6.75. The Labute approximate surface area is 98.9 Å². The van der Waals surface area contributed by atoms with E-state index in [-0.39, 0.29) is 0 Å². The molecule has 0 aliphatic carbocycles. The summed E-state index contributed by atoms with van der Waals surface area (Å²) in [6.45, 7) is 6.33. The van der Waals surface area contributed by atoms with Crippen LogP contribution in [-0.2, 0) is 9.47 Å². The van der Waals surface area contributed by atoms with Crippen molar-refractivity contribution in [2.75, 3.05) is 13.2 Å². The Kier molecular flexibility index (Phi) is 4.62. The third-order valence-corrected chi connectivity index (χ3v) is 3.82. The fraction of sp³-hybridized carbons (Fsp3) is 1.00. The van der Waals surface area contributed by atoms with Crippen molar-refractivity contribution in [1.82, 2.24) is 5.32 Å². The van der Waals surface area contributed by atoms with E-state index in [9.17, 15) is 0 Å². The Morgan fingerprint density at radius 2 is 2.12 bits per heavy atom. The third-order valence-electron chi connectivity index (χ3n) is 3.82. The van der Waals surface area contributed by atoms with Gasteiger partial charge in [0.1, 0.15) is 0 Å². The van der Waals surface area contributed by atoms with Gasteiger partial charge in [0.25, 0.3) is 0 Å². The highest BCUT2D eigenvalue weighted by Gasteiger charge is 2.25. The van der Waals surface area contributed by atoms with Crippen LogP contribution in [0.1, 0.15) is 46.0 Å². The van der Waals surface area contributed by atoms with Crippen molar-refractivity contribution in [3.8, 4) is 0 Å². The molecule has 3 heteroatoms. The average Bonchev–Trinajstić information content (AvgIpc) is 2.88. The predicted octanol–water partition coefficient (Wildman–Crippen LogP) is 2.10. The minimum Gasteiger partial charge on any atom is -0.378 e. The van der Waals surface area contributed by atoms with Gasteiger partial charge < -0.3 is 14.8 Å². The highest BCUT2D eigenvalue weighted by Crippen LogP contribution is 2.19. The minimum atomic E-state index is 0.380. The summed E-state index contributed by atoms with van der Waals surface area (Å²) in [5.41, 5.74) is 0. The number of nitrogens with one attached hydrogen (secondary N) is 1. The highest BCUT2D eigenvalue weighted by atomic mass is 16.5. The van der Waals surface area contributed by atoms with Gasteiger partial charge in [-0.05, 0) is 46.0 Å². The zero-order chi connectivity index (χ0) is 11.4. The van der Waals surface area contributed by atoms with E-state index in [1.165, 1.54) is 25.7 Å². The third kappa shape index (κ3) is 3.44. The largest absolute Gasteiger partial charge is 0.378 e. The average molecular weight is 227 g/mol. The van der Waals surface area contributed by atoms with Gasteiger partial charge >= 0.3 is 0 Å². The molecule has 0 aromatic heterocycles. The summed E-state index contributed by atoms with van der Waals surface area (Å²) >= 11 is 0. The first kappa shape index (κ1) is 12.3. The lowest BCUT2D eigenvalue weighted by atomic mass is 10.0. The lowest BCUT2D eigenvalue weighted by Gasteiger charge is -2.22. The molecule has 2 aliphatic heterocycles. The second-order valence-corrected chi connectivity index (χ2v) is 5.25. The van der Waals surface area contributed by atoms with E-state index in [0.717, 1.165) is 19.6 Å². The predicted molar refractivity (Wildman–Crippen MR) is 64.6 cm³/mol. The summed E-state index contributed by atoms with van der Waals surface area (Å²) in [5, 5.41) is 3.67. The summed E-state index contributed by atoms with van der Waals surface area (Å²) < 4.78 is 11.2. The quantitative estimate of drug-likeness (QED) is 0.780. The summed E-state index contributed by atoms with van der Waals surface area (Å²) in [7, 11) is 0. The Hall–Kier alpha value is -0.120. The SMILES string of the molecule is CC(CCC1CCCO1)NC1CCOC1C. The summed E-state index contributed by atoms with van der Waals surface area (Å²) in [4.78, 5) is 0. The maximum Gasteiger partial charge on any atom is 0.0700 e. The normalized spacial score (nSPS) is 36.8. The molecule has 0 amide bonds. The van der Waals surface area contributed by atoms with Gasteiger partial charge in [-0.15, -0.1) is 0 Å². The molecule has 0 radical (unpaired) electrons. The molecule has 0 aromatic rings. The van der Waals surface area contributed by atoms with Crippen molar-refractivity contribution in [2.45, 2.75) is 70.2 Å². The lowest BCUT2D eigenvalue weighted by molar-refractivity contribution is 0.0963. The molecule has 2 heterocycles. The van der Waals surface area contributed by atoms with Crippen molar-refractivity contribution in [2.24, 2.45) is 0 Å². The van der Waals surface area contributed by atoms with E-state index in [1.54, 1.807) is 0 Å². The molecular formula is C13H25NO2. The van der Waals surface area contributed by atoms with Crippen LogP contribution < -0.4 is 5.32 Å². The van der Waals surface area contributed by atoms with Crippen LogP contribution in [0.15, 0.2) is 0 Å². The maximum absolute atomic E-state index is 5.64. The number of rotatable bonds is 5. The Bertz CT molecular complexity index is 204. The first-order chi connectivity index (χ1) is 7.75. The molecule has 0 saturated carbocycles. The van der Waals surface area contributed by atoms with Crippen LogP contribution in [-0.4, -0.2) is 37.5 Å². The van der Waals surface area contributed by atoms with Gasteiger partial charge in [0, 0.05) is 25.3 Å². The Balaban J connectivity index is 1.61. The van der Waals surface area contributed by atoms with Crippen LogP contribution in [0.5, 0.6) is 0 Å². The lowest BCUT2D eigenvalue weighted by Crippen LogP contribution is -2.40. The van der Waals surface area contributed by atoms with Crippen LogP contribution in [0.2, 0.25) is 0 Å². The standard InChI is InChI=1S/C13H25NO2/c1-10(5-6-12-4-3-8-16-12)14-13-7-9-15-11(13)2/h10-14H,3-9H2,1-2H3. The summed E-state index contributed by atoms with van der Waals surface area (Å²) in [6, 6.07) is 1.14. The second-order valence-electron chi connectivity index (χ2n) is 5.25. The van der Waals surface area contributed by atoms with Crippen LogP contribution in [0.25, 0.3) is 0 Å². The van der Waals surface area contributed by atoms with Gasteiger partial charge in [-0.2, -0.15) is 0 Å². The molecule has 2 aliphatic rings. The van der Waals surface area contributed by atoms with E-state index < -0.39 is 0 Å². The van der Waals surface area contributed by atoms with E-state index in [1.807, 2.05) is 0 Å². The van der Waals surface area contributed by atoms with Crippen LogP contribution in [0.3, 0.4) is 0 Å². The maximum atomic E-state index is 5.64. The fourth-order valence-corrected chi connectivity index (χ4v) is 2.71. The molecule has 4 unspecified atom stereocenters. The zero-order valence-electron chi connectivity index (χ0n) is 10.6. The van der Waals surface area contributed by atoms with Crippen molar-refractivity contribution >= 4 is 0 Å². The van der Waals surface area contributed by atoms with Gasteiger partial charge in [-0.1, -0.05) is 0 Å². The molecule has 3 nitrogen and oxygen atoms in total. The van der Waals surface area contributed by atoms with E-state index >= 15 is 0 Å². The van der Waals surface area contributed by atoms with Gasteiger partial charge in [0.05, 0.1) is 12.2 Å². The molecular weight excluding hydrogens is 202 g/mol. The Morgan fingerprint density at radius 1 is 1.25 bits per heavy atom. The topological polar surface area (TPSA) is 30.5 Å². The first-order valence-corrected chi connectivity index (χ1v) is 6.75. The molecule has 16 heavy (non-hydrogen) atoms. The highest BCUT2D eigenvalue weighted by molar-refractivity contribution is 4.82. The van der Waals surface area contributed by atoms with Gasteiger partial charge in [-0.3, -0.25) is 0 Å². The number of ether oxygens (including phenoxy) is 2. The molecule has 2 rings (SSSR count). The minimum absolute atomic E-state index is 0.380. The summed E-state index contributed by atoms with van der Waals surface area (Å²) in [5.74, 6) is 0. The molecule has 0 spiro atoms. The molecule has 1 N–H and O–H groups in total. The van der Waals surface area contributed by atoms with Crippen LogP contribution in [0, 0.1) is 0 Å². The molecule has 2 fully saturated rings. The van der Waals surface area contributed by atoms with E-state index in [4.69, 9.17) is 9.47 Å². The molecule has 2 saturated heterocycles. The van der Waals surface area contributed by atoms with Crippen molar-refractivity contribution in [3.05, 3.63) is 0 Å². The molecule has 4 atom stereocenters. The molecule has 94 valence electrons. The van der Waals surface area contributed by atoms with Gasteiger partial charge in [-0.25, -0.2) is 0 Å². The fourth-order valence-electron chi connectivity index (χ4n) is 2.71. The van der Waals surface area contributed by atoms with E-state index in [2.05, 4.69) is 19.2 Å². The Morgan fingerprint density at radius 3 is 2.75 bits per heavy atom. The zero-order valence-corrected chi connectivity index (χ0v) is 10.6. The monoisotopic (exact) mass is 227 g/mol. The summed E-state index contributed by atoms with van der Waals surface area (Å²) in [6.07, 6.45) is 7.00.